The van der Waals surface area contributed by atoms with Gasteiger partial charge in [-0.3, -0.25) is 0 Å². The van der Waals surface area contributed by atoms with Gasteiger partial charge in [0.25, 0.3) is 0 Å². The monoisotopic (exact) mass is 323 g/mol. The fraction of sp³-hybridized carbons (Fsp3) is 0.368. The Hall–Kier alpha value is -1.94. The molecule has 1 aliphatic rings. The van der Waals surface area contributed by atoms with Crippen molar-refractivity contribution in [3.63, 3.8) is 0 Å². The van der Waals surface area contributed by atoms with Crippen molar-refractivity contribution < 1.29 is 0 Å². The molecule has 2 aromatic heterocycles. The highest BCUT2D eigenvalue weighted by Crippen LogP contribution is 2.37. The molecular weight excluding hydrogens is 302 g/mol. The van der Waals surface area contributed by atoms with Gasteiger partial charge in [-0.05, 0) is 43.2 Å². The van der Waals surface area contributed by atoms with Crippen LogP contribution in [0.1, 0.15) is 35.3 Å². The van der Waals surface area contributed by atoms with Crippen LogP contribution >= 0.6 is 11.3 Å². The second kappa shape index (κ2) is 6.67. The zero-order valence-corrected chi connectivity index (χ0v) is 14.0. The first kappa shape index (κ1) is 14.6. The number of aryl methyl sites for hydroxylation is 2. The summed E-state index contributed by atoms with van der Waals surface area (Å²) in [5.74, 6) is 1.02. The van der Waals surface area contributed by atoms with Crippen molar-refractivity contribution in [2.24, 2.45) is 0 Å². The molecule has 0 unspecified atom stereocenters. The van der Waals surface area contributed by atoms with Crippen LogP contribution in [0.4, 0.5) is 5.82 Å². The highest BCUT2D eigenvalue weighted by atomic mass is 32.1. The lowest BCUT2D eigenvalue weighted by atomic mass is 10.1. The molecule has 2 heterocycles. The van der Waals surface area contributed by atoms with Gasteiger partial charge in [-0.2, -0.15) is 0 Å². The lowest BCUT2D eigenvalue weighted by molar-refractivity contribution is 0.713. The molecule has 3 nitrogen and oxygen atoms in total. The van der Waals surface area contributed by atoms with Crippen LogP contribution in [-0.4, -0.2) is 16.5 Å². The number of aromatic nitrogens is 2. The van der Waals surface area contributed by atoms with Crippen molar-refractivity contribution in [3.8, 4) is 0 Å². The molecular formula is C19H21N3S. The maximum atomic E-state index is 4.53. The highest BCUT2D eigenvalue weighted by molar-refractivity contribution is 7.18. The molecule has 0 amide bonds. The number of nitrogens with one attached hydrogen (secondary N) is 1. The number of hydrogen-bond donors (Lipinski definition) is 1. The summed E-state index contributed by atoms with van der Waals surface area (Å²) < 4.78 is 0. The first-order valence-corrected chi connectivity index (χ1v) is 9.26. The molecule has 0 saturated heterocycles. The van der Waals surface area contributed by atoms with E-state index in [4.69, 9.17) is 0 Å². The molecule has 1 aromatic carbocycles. The number of fused-ring (bicyclic) bond motifs is 3. The molecule has 1 aliphatic carbocycles. The van der Waals surface area contributed by atoms with Gasteiger partial charge in [-0.1, -0.05) is 36.8 Å². The van der Waals surface area contributed by atoms with E-state index in [1.54, 1.807) is 6.33 Å². The Morgan fingerprint density at radius 3 is 2.78 bits per heavy atom. The van der Waals surface area contributed by atoms with E-state index in [9.17, 15) is 0 Å². The molecule has 0 saturated carbocycles. The van der Waals surface area contributed by atoms with E-state index in [2.05, 4.69) is 45.6 Å². The standard InChI is InChI=1S/C19H21N3S/c1-3-7-14(8-4-1)11-12-20-18-17-15-9-5-2-6-10-16(15)23-19(17)22-13-21-18/h1,3-4,7-8,13H,2,5-6,9-12H2,(H,20,21,22). The Morgan fingerprint density at radius 1 is 1.00 bits per heavy atom. The molecule has 118 valence electrons. The van der Waals surface area contributed by atoms with Crippen LogP contribution in [0.5, 0.6) is 0 Å². The van der Waals surface area contributed by atoms with E-state index in [-0.39, 0.29) is 0 Å². The Balaban J connectivity index is 1.58. The number of anilines is 1. The maximum Gasteiger partial charge on any atom is 0.138 e. The van der Waals surface area contributed by atoms with Crippen LogP contribution in [-0.2, 0) is 19.3 Å². The third-order valence-electron chi connectivity index (χ3n) is 4.55. The first-order valence-electron chi connectivity index (χ1n) is 8.45. The van der Waals surface area contributed by atoms with E-state index in [0.717, 1.165) is 23.6 Å². The summed E-state index contributed by atoms with van der Waals surface area (Å²) in [5.41, 5.74) is 2.86. The number of nitrogens with zero attached hydrogens (tertiary/aromatic N) is 2. The third kappa shape index (κ3) is 3.08. The zero-order chi connectivity index (χ0) is 15.5. The van der Waals surface area contributed by atoms with E-state index in [1.807, 2.05) is 11.3 Å². The van der Waals surface area contributed by atoms with E-state index >= 15 is 0 Å². The van der Waals surface area contributed by atoms with Gasteiger partial charge in [0.2, 0.25) is 0 Å². The van der Waals surface area contributed by atoms with Gasteiger partial charge >= 0.3 is 0 Å². The molecule has 4 heteroatoms. The summed E-state index contributed by atoms with van der Waals surface area (Å²) in [7, 11) is 0. The van der Waals surface area contributed by atoms with Gasteiger partial charge in [0.15, 0.2) is 0 Å². The van der Waals surface area contributed by atoms with Gasteiger partial charge in [0.1, 0.15) is 17.0 Å². The second-order valence-electron chi connectivity index (χ2n) is 6.13. The van der Waals surface area contributed by atoms with Gasteiger partial charge < -0.3 is 5.32 Å². The average molecular weight is 323 g/mol. The summed E-state index contributed by atoms with van der Waals surface area (Å²) in [6.45, 7) is 0.904. The van der Waals surface area contributed by atoms with E-state index in [0.29, 0.717) is 0 Å². The summed E-state index contributed by atoms with van der Waals surface area (Å²) >= 11 is 1.87. The van der Waals surface area contributed by atoms with Crippen LogP contribution in [0.15, 0.2) is 36.7 Å². The number of thiophene rings is 1. The van der Waals surface area contributed by atoms with Gasteiger partial charge in [0, 0.05) is 11.4 Å². The molecule has 0 spiro atoms. The maximum absolute atomic E-state index is 4.53. The number of benzene rings is 1. The van der Waals surface area contributed by atoms with E-state index < -0.39 is 0 Å². The van der Waals surface area contributed by atoms with Crippen molar-refractivity contribution in [2.45, 2.75) is 38.5 Å². The molecule has 1 N–H and O–H groups in total. The first-order chi connectivity index (χ1) is 11.4. The predicted molar refractivity (Wildman–Crippen MR) is 97.3 cm³/mol. The van der Waals surface area contributed by atoms with Crippen LogP contribution < -0.4 is 5.32 Å². The van der Waals surface area contributed by atoms with Crippen molar-refractivity contribution in [1.82, 2.24) is 9.97 Å². The van der Waals surface area contributed by atoms with Crippen LogP contribution in [0.25, 0.3) is 10.2 Å². The van der Waals surface area contributed by atoms with Crippen molar-refractivity contribution in [1.29, 1.82) is 0 Å². The molecule has 0 atom stereocenters. The molecule has 4 rings (SSSR count). The Kier molecular flexibility index (Phi) is 4.24. The number of hydrogen-bond acceptors (Lipinski definition) is 4. The van der Waals surface area contributed by atoms with Gasteiger partial charge in [0.05, 0.1) is 5.39 Å². The average Bonchev–Trinajstić information content (AvgIpc) is 2.79. The molecule has 3 aromatic rings. The molecule has 0 aliphatic heterocycles. The SMILES string of the molecule is c1ccc(CCNc2ncnc3sc4c(c23)CCCCC4)cc1. The minimum Gasteiger partial charge on any atom is -0.369 e. The molecule has 0 fully saturated rings. The third-order valence-corrected chi connectivity index (χ3v) is 5.75. The summed E-state index contributed by atoms with van der Waals surface area (Å²) in [6.07, 6.45) is 9.03. The Bertz CT molecular complexity index is 795. The van der Waals surface area contributed by atoms with Crippen LogP contribution in [0, 0.1) is 0 Å². The van der Waals surface area contributed by atoms with Gasteiger partial charge in [-0.15, -0.1) is 11.3 Å². The second-order valence-corrected chi connectivity index (χ2v) is 7.21. The fourth-order valence-corrected chi connectivity index (χ4v) is 4.60. The summed E-state index contributed by atoms with van der Waals surface area (Å²) in [6, 6.07) is 10.6. The lowest BCUT2D eigenvalue weighted by Crippen LogP contribution is -2.07. The molecule has 0 radical (unpaired) electrons. The smallest absolute Gasteiger partial charge is 0.138 e. The minimum atomic E-state index is 0.904. The fourth-order valence-electron chi connectivity index (χ4n) is 3.37. The lowest BCUT2D eigenvalue weighted by Gasteiger charge is -2.08. The number of rotatable bonds is 4. The zero-order valence-electron chi connectivity index (χ0n) is 13.2. The van der Waals surface area contributed by atoms with Gasteiger partial charge in [-0.25, -0.2) is 9.97 Å². The van der Waals surface area contributed by atoms with Crippen molar-refractivity contribution in [3.05, 3.63) is 52.7 Å². The summed E-state index contributed by atoms with van der Waals surface area (Å²) in [4.78, 5) is 11.7. The topological polar surface area (TPSA) is 37.8 Å². The quantitative estimate of drug-likeness (QED) is 0.712. The Labute approximate surface area is 140 Å². The van der Waals surface area contributed by atoms with Crippen molar-refractivity contribution >= 4 is 27.4 Å². The van der Waals surface area contributed by atoms with Crippen molar-refractivity contribution in [2.75, 3.05) is 11.9 Å². The minimum absolute atomic E-state index is 0.904. The normalized spacial score (nSPS) is 14.4. The van der Waals surface area contributed by atoms with Crippen LogP contribution in [0.3, 0.4) is 0 Å². The summed E-state index contributed by atoms with van der Waals surface area (Å²) in [5, 5.41) is 4.83. The molecule has 23 heavy (non-hydrogen) atoms. The molecule has 0 bridgehead atoms. The van der Waals surface area contributed by atoms with E-state index in [1.165, 1.54) is 53.5 Å². The Morgan fingerprint density at radius 2 is 1.87 bits per heavy atom. The predicted octanol–water partition coefficient (Wildman–Crippen LogP) is 4.61. The highest BCUT2D eigenvalue weighted by Gasteiger charge is 2.18. The van der Waals surface area contributed by atoms with Crippen LogP contribution in [0.2, 0.25) is 0 Å². The largest absolute Gasteiger partial charge is 0.369 e.